The van der Waals surface area contributed by atoms with Crippen molar-refractivity contribution in [2.45, 2.75) is 45.1 Å². The van der Waals surface area contributed by atoms with Crippen LogP contribution in [0, 0.1) is 19.8 Å². The van der Waals surface area contributed by atoms with Gasteiger partial charge in [0, 0.05) is 12.6 Å². The van der Waals surface area contributed by atoms with Crippen molar-refractivity contribution in [3.63, 3.8) is 0 Å². The second kappa shape index (κ2) is 4.80. The lowest BCUT2D eigenvalue weighted by molar-refractivity contribution is 0.406. The molecule has 1 heterocycles. The zero-order valence-electron chi connectivity index (χ0n) is 12.0. The molecule has 1 aliphatic rings. The molecule has 2 unspecified atom stereocenters. The van der Waals surface area contributed by atoms with Gasteiger partial charge in [-0.05, 0) is 56.4 Å². The second-order valence-electron chi connectivity index (χ2n) is 5.74. The Bertz CT molecular complexity index is 596. The summed E-state index contributed by atoms with van der Waals surface area (Å²) in [7, 11) is -3.48. The third kappa shape index (κ3) is 2.49. The van der Waals surface area contributed by atoms with E-state index in [1.54, 1.807) is 16.4 Å². The van der Waals surface area contributed by atoms with Crippen LogP contribution in [0.2, 0.25) is 0 Å². The van der Waals surface area contributed by atoms with Gasteiger partial charge < -0.3 is 5.73 Å². The average Bonchev–Trinajstić information content (AvgIpc) is 2.63. The molecule has 1 aromatic rings. The van der Waals surface area contributed by atoms with Crippen LogP contribution in [-0.2, 0) is 10.0 Å². The van der Waals surface area contributed by atoms with Gasteiger partial charge in [-0.25, -0.2) is 8.42 Å². The summed E-state index contributed by atoms with van der Waals surface area (Å²) >= 11 is 0. The summed E-state index contributed by atoms with van der Waals surface area (Å²) in [6, 6.07) is 3.48. The third-order valence-corrected chi connectivity index (χ3v) is 5.98. The zero-order chi connectivity index (χ0) is 14.4. The van der Waals surface area contributed by atoms with Gasteiger partial charge in [0.25, 0.3) is 0 Å². The number of aryl methyl sites for hydroxylation is 2. The number of rotatable bonds is 2. The van der Waals surface area contributed by atoms with Gasteiger partial charge in [0.15, 0.2) is 0 Å². The van der Waals surface area contributed by atoms with Gasteiger partial charge in [0.1, 0.15) is 4.90 Å². The lowest BCUT2D eigenvalue weighted by atomic mass is 10.1. The van der Waals surface area contributed by atoms with Crippen molar-refractivity contribution in [3.05, 3.63) is 23.3 Å². The Morgan fingerprint density at radius 1 is 1.21 bits per heavy atom. The van der Waals surface area contributed by atoms with Crippen molar-refractivity contribution in [1.29, 1.82) is 0 Å². The summed E-state index contributed by atoms with van der Waals surface area (Å²) in [4.78, 5) is 0.247. The first kappa shape index (κ1) is 14.3. The van der Waals surface area contributed by atoms with Crippen LogP contribution in [0.4, 0.5) is 5.69 Å². The predicted octanol–water partition coefficient (Wildman–Crippen LogP) is 2.30. The molecule has 5 heteroatoms. The molecule has 2 atom stereocenters. The smallest absolute Gasteiger partial charge is 0.245 e. The standard InChI is InChI=1S/C14H22N2O2S/c1-9-5-12(4)16(8-9)19(17,18)14-7-11(3)10(2)6-13(14)15/h6-7,9,12H,5,8,15H2,1-4H3. The summed E-state index contributed by atoms with van der Waals surface area (Å²) in [5.74, 6) is 0.401. The molecular weight excluding hydrogens is 260 g/mol. The van der Waals surface area contributed by atoms with E-state index in [0.717, 1.165) is 17.5 Å². The number of sulfonamides is 1. The van der Waals surface area contributed by atoms with Crippen LogP contribution in [-0.4, -0.2) is 25.3 Å². The molecule has 0 saturated carbocycles. The highest BCUT2D eigenvalue weighted by Gasteiger charge is 2.37. The van der Waals surface area contributed by atoms with Crippen LogP contribution in [0.3, 0.4) is 0 Å². The Hall–Kier alpha value is -1.07. The number of nitrogens with two attached hydrogens (primary N) is 1. The van der Waals surface area contributed by atoms with Crippen molar-refractivity contribution in [3.8, 4) is 0 Å². The number of hydrogen-bond acceptors (Lipinski definition) is 3. The Morgan fingerprint density at radius 2 is 1.79 bits per heavy atom. The summed E-state index contributed by atoms with van der Waals surface area (Å²) in [6.45, 7) is 8.45. The fourth-order valence-corrected chi connectivity index (χ4v) is 4.70. The lowest BCUT2D eigenvalue weighted by Crippen LogP contribution is -2.34. The SMILES string of the molecule is Cc1cc(N)c(S(=O)(=O)N2CC(C)CC2C)cc1C. The molecule has 0 aromatic heterocycles. The van der Waals surface area contributed by atoms with Crippen molar-refractivity contribution in [2.24, 2.45) is 5.92 Å². The minimum absolute atomic E-state index is 0.0426. The monoisotopic (exact) mass is 282 g/mol. The van der Waals surface area contributed by atoms with Crippen LogP contribution in [0.25, 0.3) is 0 Å². The first-order valence-corrected chi connectivity index (χ1v) is 8.06. The fourth-order valence-electron chi connectivity index (χ4n) is 2.76. The number of benzene rings is 1. The summed E-state index contributed by atoms with van der Waals surface area (Å²) in [6.07, 6.45) is 0.907. The number of nitrogens with zero attached hydrogens (tertiary/aromatic N) is 1. The van der Waals surface area contributed by atoms with E-state index in [2.05, 4.69) is 6.92 Å². The van der Waals surface area contributed by atoms with Crippen LogP contribution >= 0.6 is 0 Å². The Morgan fingerprint density at radius 3 is 2.32 bits per heavy atom. The largest absolute Gasteiger partial charge is 0.398 e. The molecular formula is C14H22N2O2S. The van der Waals surface area contributed by atoms with E-state index in [9.17, 15) is 8.42 Å². The second-order valence-corrected chi connectivity index (χ2v) is 7.60. The van der Waals surface area contributed by atoms with E-state index < -0.39 is 10.0 Å². The van der Waals surface area contributed by atoms with E-state index in [1.807, 2.05) is 20.8 Å². The van der Waals surface area contributed by atoms with Gasteiger partial charge in [0.05, 0.1) is 5.69 Å². The highest BCUT2D eigenvalue weighted by atomic mass is 32.2. The van der Waals surface area contributed by atoms with Gasteiger partial charge in [0.2, 0.25) is 10.0 Å². The minimum atomic E-state index is -3.48. The van der Waals surface area contributed by atoms with E-state index in [0.29, 0.717) is 18.2 Å². The third-order valence-electron chi connectivity index (χ3n) is 3.94. The van der Waals surface area contributed by atoms with Crippen LogP contribution in [0.5, 0.6) is 0 Å². The first-order valence-electron chi connectivity index (χ1n) is 6.62. The van der Waals surface area contributed by atoms with Crippen LogP contribution in [0.1, 0.15) is 31.4 Å². The summed E-state index contributed by atoms with van der Waals surface area (Å²) in [5, 5.41) is 0. The Labute approximate surface area is 115 Å². The molecule has 0 aliphatic carbocycles. The molecule has 2 rings (SSSR count). The Balaban J connectivity index is 2.49. The number of hydrogen-bond donors (Lipinski definition) is 1. The molecule has 2 N–H and O–H groups in total. The van der Waals surface area contributed by atoms with E-state index in [1.165, 1.54) is 0 Å². The van der Waals surface area contributed by atoms with Gasteiger partial charge in [-0.15, -0.1) is 0 Å². The van der Waals surface area contributed by atoms with Crippen molar-refractivity contribution in [2.75, 3.05) is 12.3 Å². The first-order chi connectivity index (χ1) is 8.73. The molecule has 1 aromatic carbocycles. The molecule has 0 bridgehead atoms. The molecule has 1 fully saturated rings. The topological polar surface area (TPSA) is 63.4 Å². The van der Waals surface area contributed by atoms with Gasteiger partial charge in [-0.1, -0.05) is 6.92 Å². The van der Waals surface area contributed by atoms with Crippen molar-refractivity contribution < 1.29 is 8.42 Å². The fraction of sp³-hybridized carbons (Fsp3) is 0.571. The van der Waals surface area contributed by atoms with Crippen molar-refractivity contribution >= 4 is 15.7 Å². The molecule has 19 heavy (non-hydrogen) atoms. The molecule has 0 spiro atoms. The van der Waals surface area contributed by atoms with Gasteiger partial charge in [-0.2, -0.15) is 4.31 Å². The highest BCUT2D eigenvalue weighted by molar-refractivity contribution is 7.89. The molecule has 0 amide bonds. The molecule has 1 saturated heterocycles. The predicted molar refractivity (Wildman–Crippen MR) is 77.5 cm³/mol. The summed E-state index contributed by atoms with van der Waals surface area (Å²) < 4.78 is 27.0. The van der Waals surface area contributed by atoms with Crippen LogP contribution < -0.4 is 5.73 Å². The maximum atomic E-state index is 12.7. The van der Waals surface area contributed by atoms with Gasteiger partial charge in [-0.3, -0.25) is 0 Å². The van der Waals surface area contributed by atoms with E-state index >= 15 is 0 Å². The normalized spacial score (nSPS) is 24.8. The van der Waals surface area contributed by atoms with Gasteiger partial charge >= 0.3 is 0 Å². The molecule has 106 valence electrons. The summed E-state index contributed by atoms with van der Waals surface area (Å²) in [5.41, 5.74) is 8.23. The quantitative estimate of drug-likeness (QED) is 0.847. The average molecular weight is 282 g/mol. The highest BCUT2D eigenvalue weighted by Crippen LogP contribution is 2.32. The number of nitrogen functional groups attached to an aromatic ring is 1. The maximum absolute atomic E-state index is 12.7. The van der Waals surface area contributed by atoms with E-state index in [-0.39, 0.29) is 10.9 Å². The van der Waals surface area contributed by atoms with E-state index in [4.69, 9.17) is 5.73 Å². The molecule has 0 radical (unpaired) electrons. The molecule has 4 nitrogen and oxygen atoms in total. The van der Waals surface area contributed by atoms with Crippen LogP contribution in [0.15, 0.2) is 17.0 Å². The lowest BCUT2D eigenvalue weighted by Gasteiger charge is -2.22. The molecule has 1 aliphatic heterocycles. The number of anilines is 1. The van der Waals surface area contributed by atoms with Crippen molar-refractivity contribution in [1.82, 2.24) is 4.31 Å². The zero-order valence-corrected chi connectivity index (χ0v) is 12.8. The maximum Gasteiger partial charge on any atom is 0.245 e. The Kier molecular flexibility index (Phi) is 3.62. The minimum Gasteiger partial charge on any atom is -0.398 e.